The lowest BCUT2D eigenvalue weighted by molar-refractivity contribution is -0.153. The fraction of sp³-hybridized carbons (Fsp3) is 0.889. The number of hydrogen-bond donors (Lipinski definition) is 2. The van der Waals surface area contributed by atoms with Gasteiger partial charge in [-0.25, -0.2) is 4.79 Å². The molecule has 1 saturated carbocycles. The lowest BCUT2D eigenvalue weighted by Gasteiger charge is -2.21. The van der Waals surface area contributed by atoms with Crippen LogP contribution in [0.2, 0.25) is 0 Å². The molecule has 0 aromatic heterocycles. The molecule has 2 N–H and O–H groups in total. The molecule has 0 spiro atoms. The van der Waals surface area contributed by atoms with Crippen molar-refractivity contribution in [2.24, 2.45) is 0 Å². The second-order valence-corrected chi connectivity index (χ2v) is 4.27. The van der Waals surface area contributed by atoms with Gasteiger partial charge < -0.3 is 19.9 Å². The van der Waals surface area contributed by atoms with E-state index in [4.69, 9.17) is 14.6 Å². The predicted molar refractivity (Wildman–Crippen MR) is 48.0 cm³/mol. The van der Waals surface area contributed by atoms with Crippen molar-refractivity contribution in [2.75, 3.05) is 0 Å². The zero-order valence-corrected chi connectivity index (χ0v) is 8.32. The summed E-state index contributed by atoms with van der Waals surface area (Å²) >= 11 is 0. The SMILES string of the molecule is CC1(C)O[C@@H]2[C@@H](NC(=O)O)CC[C@@H]2O1. The van der Waals surface area contributed by atoms with E-state index in [0.29, 0.717) is 0 Å². The minimum absolute atomic E-state index is 0.0434. The smallest absolute Gasteiger partial charge is 0.404 e. The summed E-state index contributed by atoms with van der Waals surface area (Å²) in [5.41, 5.74) is 0. The summed E-state index contributed by atoms with van der Waals surface area (Å²) in [4.78, 5) is 10.5. The quantitative estimate of drug-likeness (QED) is 0.662. The summed E-state index contributed by atoms with van der Waals surface area (Å²) < 4.78 is 11.3. The molecule has 80 valence electrons. The Labute approximate surface area is 82.4 Å². The third kappa shape index (κ3) is 1.69. The van der Waals surface area contributed by atoms with Gasteiger partial charge in [0, 0.05) is 0 Å². The van der Waals surface area contributed by atoms with E-state index in [1.165, 1.54) is 0 Å². The fourth-order valence-corrected chi connectivity index (χ4v) is 2.25. The van der Waals surface area contributed by atoms with Crippen LogP contribution in [0.15, 0.2) is 0 Å². The van der Waals surface area contributed by atoms with Crippen LogP contribution >= 0.6 is 0 Å². The number of nitrogens with one attached hydrogen (secondary N) is 1. The lowest BCUT2D eigenvalue weighted by atomic mass is 10.2. The van der Waals surface area contributed by atoms with Gasteiger partial charge in [-0.2, -0.15) is 0 Å². The van der Waals surface area contributed by atoms with Gasteiger partial charge in [0.05, 0.1) is 12.1 Å². The molecule has 0 aromatic rings. The average Bonchev–Trinajstić information content (AvgIpc) is 2.47. The first-order chi connectivity index (χ1) is 6.48. The maximum absolute atomic E-state index is 10.5. The highest BCUT2D eigenvalue weighted by Crippen LogP contribution is 2.37. The molecule has 1 heterocycles. The molecule has 1 aliphatic heterocycles. The largest absolute Gasteiger partial charge is 0.465 e. The molecule has 5 heteroatoms. The molecule has 0 radical (unpaired) electrons. The number of carboxylic acid groups (broad SMARTS) is 1. The van der Waals surface area contributed by atoms with Gasteiger partial charge in [-0.05, 0) is 26.7 Å². The van der Waals surface area contributed by atoms with E-state index < -0.39 is 11.9 Å². The summed E-state index contributed by atoms with van der Waals surface area (Å²) in [6.07, 6.45) is 0.573. The van der Waals surface area contributed by atoms with Crippen LogP contribution < -0.4 is 5.32 Å². The Balaban J connectivity index is 2.01. The monoisotopic (exact) mass is 201 g/mol. The summed E-state index contributed by atoms with van der Waals surface area (Å²) in [6, 6.07) is -0.126. The Bertz CT molecular complexity index is 253. The molecule has 5 nitrogen and oxygen atoms in total. The highest BCUT2D eigenvalue weighted by atomic mass is 16.8. The van der Waals surface area contributed by atoms with Crippen LogP contribution in [0.1, 0.15) is 26.7 Å². The van der Waals surface area contributed by atoms with E-state index in [1.54, 1.807) is 0 Å². The Morgan fingerprint density at radius 2 is 2.14 bits per heavy atom. The molecule has 1 saturated heterocycles. The standard InChI is InChI=1S/C9H15NO4/c1-9(2)13-6-4-3-5(7(6)14-9)10-8(11)12/h5-7,10H,3-4H2,1-2H3,(H,11,12)/t5-,6-,7+/m0/s1. The van der Waals surface area contributed by atoms with Gasteiger partial charge in [-0.1, -0.05) is 0 Å². The molecule has 0 unspecified atom stereocenters. The molecule has 2 aliphatic rings. The molecule has 0 bridgehead atoms. The predicted octanol–water partition coefficient (Wildman–Crippen LogP) is 0.936. The van der Waals surface area contributed by atoms with E-state index in [0.717, 1.165) is 12.8 Å². The van der Waals surface area contributed by atoms with Crippen molar-refractivity contribution in [3.63, 3.8) is 0 Å². The number of fused-ring (bicyclic) bond motifs is 1. The average molecular weight is 201 g/mol. The Hall–Kier alpha value is -0.810. The molecule has 1 amide bonds. The number of amides is 1. The highest BCUT2D eigenvalue weighted by Gasteiger charge is 2.49. The van der Waals surface area contributed by atoms with Crippen molar-refractivity contribution in [2.45, 2.75) is 50.7 Å². The third-order valence-corrected chi connectivity index (χ3v) is 2.69. The minimum Gasteiger partial charge on any atom is -0.465 e. The summed E-state index contributed by atoms with van der Waals surface area (Å²) in [5, 5.41) is 11.1. The van der Waals surface area contributed by atoms with Crippen LogP contribution in [0, 0.1) is 0 Å². The van der Waals surface area contributed by atoms with Crippen molar-refractivity contribution in [3.05, 3.63) is 0 Å². The van der Waals surface area contributed by atoms with Gasteiger partial charge in [0.25, 0.3) is 0 Å². The van der Waals surface area contributed by atoms with Gasteiger partial charge in [-0.3, -0.25) is 0 Å². The summed E-state index contributed by atoms with van der Waals surface area (Å²) in [6.45, 7) is 3.70. The van der Waals surface area contributed by atoms with E-state index >= 15 is 0 Å². The fourth-order valence-electron chi connectivity index (χ4n) is 2.25. The summed E-state index contributed by atoms with van der Waals surface area (Å²) in [5.74, 6) is -0.575. The number of hydrogen-bond acceptors (Lipinski definition) is 3. The minimum atomic E-state index is -0.996. The first-order valence-electron chi connectivity index (χ1n) is 4.83. The molecule has 2 fully saturated rings. The number of ether oxygens (including phenoxy) is 2. The van der Waals surface area contributed by atoms with Crippen molar-refractivity contribution >= 4 is 6.09 Å². The molecule has 0 aromatic carbocycles. The maximum atomic E-state index is 10.5. The van der Waals surface area contributed by atoms with E-state index in [9.17, 15) is 4.79 Å². The first-order valence-corrected chi connectivity index (χ1v) is 4.83. The topological polar surface area (TPSA) is 67.8 Å². The third-order valence-electron chi connectivity index (χ3n) is 2.69. The molecular weight excluding hydrogens is 186 g/mol. The molecular formula is C9H15NO4. The highest BCUT2D eigenvalue weighted by molar-refractivity contribution is 5.65. The van der Waals surface area contributed by atoms with E-state index in [2.05, 4.69) is 5.32 Å². The van der Waals surface area contributed by atoms with Crippen LogP contribution in [-0.4, -0.2) is 35.2 Å². The maximum Gasteiger partial charge on any atom is 0.404 e. The zero-order valence-electron chi connectivity index (χ0n) is 8.32. The Morgan fingerprint density at radius 3 is 2.79 bits per heavy atom. The van der Waals surface area contributed by atoms with Gasteiger partial charge in [-0.15, -0.1) is 0 Å². The van der Waals surface area contributed by atoms with E-state index in [1.807, 2.05) is 13.8 Å². The Kier molecular flexibility index (Phi) is 2.16. The van der Waals surface area contributed by atoms with E-state index in [-0.39, 0.29) is 18.2 Å². The van der Waals surface area contributed by atoms with Gasteiger partial charge in [0.1, 0.15) is 6.10 Å². The molecule has 14 heavy (non-hydrogen) atoms. The molecule has 1 aliphatic carbocycles. The number of rotatable bonds is 1. The van der Waals surface area contributed by atoms with Crippen LogP contribution in [0.3, 0.4) is 0 Å². The van der Waals surface area contributed by atoms with Crippen LogP contribution in [0.25, 0.3) is 0 Å². The summed E-state index contributed by atoms with van der Waals surface area (Å²) in [7, 11) is 0. The van der Waals surface area contributed by atoms with Crippen LogP contribution in [0.5, 0.6) is 0 Å². The van der Waals surface area contributed by atoms with Crippen molar-refractivity contribution in [3.8, 4) is 0 Å². The first kappa shape index (κ1) is 9.73. The second-order valence-electron chi connectivity index (χ2n) is 4.27. The molecule has 2 rings (SSSR count). The van der Waals surface area contributed by atoms with Crippen molar-refractivity contribution in [1.82, 2.24) is 5.32 Å². The second kappa shape index (κ2) is 3.10. The van der Waals surface area contributed by atoms with Crippen LogP contribution in [-0.2, 0) is 9.47 Å². The lowest BCUT2D eigenvalue weighted by Crippen LogP contribution is -2.42. The normalized spacial score (nSPS) is 39.4. The molecule has 3 atom stereocenters. The van der Waals surface area contributed by atoms with Gasteiger partial charge in [0.15, 0.2) is 5.79 Å². The number of carbonyl (C=O) groups is 1. The Morgan fingerprint density at radius 1 is 1.43 bits per heavy atom. The van der Waals surface area contributed by atoms with Crippen molar-refractivity contribution < 1.29 is 19.4 Å². The van der Waals surface area contributed by atoms with Gasteiger partial charge in [0.2, 0.25) is 0 Å². The van der Waals surface area contributed by atoms with Gasteiger partial charge >= 0.3 is 6.09 Å². The van der Waals surface area contributed by atoms with Crippen LogP contribution in [0.4, 0.5) is 4.79 Å². The van der Waals surface area contributed by atoms with Crippen molar-refractivity contribution in [1.29, 1.82) is 0 Å². The zero-order chi connectivity index (χ0) is 10.3.